The van der Waals surface area contributed by atoms with Crippen molar-refractivity contribution in [1.82, 2.24) is 4.98 Å². The summed E-state index contributed by atoms with van der Waals surface area (Å²) in [4.78, 5) is 5.49. The Hall–Kier alpha value is -0.370. The Labute approximate surface area is 59.8 Å². The molecule has 0 aliphatic carbocycles. The first-order valence-electron chi connectivity index (χ1n) is 3.23. The van der Waals surface area contributed by atoms with Crippen LogP contribution >= 0.6 is 11.3 Å². The second kappa shape index (κ2) is 2.97. The number of thiazole rings is 1. The fourth-order valence-electron chi connectivity index (χ4n) is 0.807. The van der Waals surface area contributed by atoms with Crippen LogP contribution in [0.1, 0.15) is 24.4 Å². The van der Waals surface area contributed by atoms with Crippen LogP contribution in [0.15, 0.2) is 0 Å². The van der Waals surface area contributed by atoms with Gasteiger partial charge >= 0.3 is 0 Å². The molecule has 9 heavy (non-hydrogen) atoms. The van der Waals surface area contributed by atoms with Gasteiger partial charge in [-0.3, -0.25) is 0 Å². The van der Waals surface area contributed by atoms with Gasteiger partial charge in [0, 0.05) is 4.88 Å². The highest BCUT2D eigenvalue weighted by Crippen LogP contribution is 2.12. The molecular formula is C7H10NS. The summed E-state index contributed by atoms with van der Waals surface area (Å²) in [5.41, 5.74) is 4.12. The van der Waals surface area contributed by atoms with Gasteiger partial charge in [-0.1, -0.05) is 13.8 Å². The minimum absolute atomic E-state index is 1.04. The Kier molecular flexibility index (Phi) is 2.22. The molecule has 1 aromatic rings. The molecule has 2 heteroatoms. The fourth-order valence-corrected chi connectivity index (χ4v) is 1.52. The maximum atomic E-state index is 4.10. The predicted octanol–water partition coefficient (Wildman–Crippen LogP) is 2.07. The van der Waals surface area contributed by atoms with Crippen LogP contribution in [0.25, 0.3) is 0 Å². The lowest BCUT2D eigenvalue weighted by molar-refractivity contribution is 1.01. The van der Waals surface area contributed by atoms with E-state index in [1.165, 1.54) is 10.6 Å². The number of aryl methyl sites for hydroxylation is 2. The second-order valence-corrected chi connectivity index (χ2v) is 2.76. The van der Waals surface area contributed by atoms with Crippen LogP contribution in [0.4, 0.5) is 0 Å². The van der Waals surface area contributed by atoms with Gasteiger partial charge in [-0.05, 0) is 12.8 Å². The monoisotopic (exact) mass is 140 g/mol. The van der Waals surface area contributed by atoms with Crippen LogP contribution in [-0.2, 0) is 12.8 Å². The highest BCUT2D eigenvalue weighted by Gasteiger charge is 1.99. The number of hydrogen-bond donors (Lipinski definition) is 0. The maximum Gasteiger partial charge on any atom is 0.152 e. The van der Waals surface area contributed by atoms with Crippen molar-refractivity contribution in [2.45, 2.75) is 26.7 Å². The van der Waals surface area contributed by atoms with Crippen molar-refractivity contribution in [3.8, 4) is 0 Å². The van der Waals surface area contributed by atoms with E-state index in [1.807, 2.05) is 0 Å². The summed E-state index contributed by atoms with van der Waals surface area (Å²) in [5, 5.41) is 0. The predicted molar refractivity (Wildman–Crippen MR) is 39.7 cm³/mol. The van der Waals surface area contributed by atoms with Crippen molar-refractivity contribution in [3.63, 3.8) is 0 Å². The number of nitrogens with zero attached hydrogens (tertiary/aromatic N) is 1. The summed E-state index contributed by atoms with van der Waals surface area (Å²) in [6, 6.07) is 0. The van der Waals surface area contributed by atoms with Crippen molar-refractivity contribution in [2.24, 2.45) is 0 Å². The van der Waals surface area contributed by atoms with Crippen molar-refractivity contribution < 1.29 is 0 Å². The molecule has 0 saturated carbocycles. The van der Waals surface area contributed by atoms with E-state index in [0.29, 0.717) is 0 Å². The van der Waals surface area contributed by atoms with Gasteiger partial charge in [-0.15, -0.1) is 11.3 Å². The second-order valence-electron chi connectivity index (χ2n) is 1.88. The molecular weight excluding hydrogens is 130 g/mol. The molecule has 0 fully saturated rings. The van der Waals surface area contributed by atoms with Crippen molar-refractivity contribution in [2.75, 3.05) is 0 Å². The lowest BCUT2D eigenvalue weighted by Crippen LogP contribution is -1.84. The first kappa shape index (κ1) is 6.75. The molecule has 0 aliphatic rings. The third kappa shape index (κ3) is 1.30. The lowest BCUT2D eigenvalue weighted by atomic mass is 10.2. The topological polar surface area (TPSA) is 12.9 Å². The lowest BCUT2D eigenvalue weighted by Gasteiger charge is -1.90. The average Bonchev–Trinajstić information content (AvgIpc) is 2.33. The van der Waals surface area contributed by atoms with Gasteiger partial charge < -0.3 is 0 Å². The molecule has 1 rings (SSSR count). The maximum absolute atomic E-state index is 4.10. The van der Waals surface area contributed by atoms with E-state index in [2.05, 4.69) is 24.3 Å². The Bertz CT molecular complexity index is 162. The number of aromatic nitrogens is 1. The van der Waals surface area contributed by atoms with Gasteiger partial charge in [-0.2, -0.15) is 0 Å². The molecule has 0 atom stereocenters. The molecule has 0 amide bonds. The van der Waals surface area contributed by atoms with Gasteiger partial charge in [0.2, 0.25) is 0 Å². The molecule has 0 bridgehead atoms. The Morgan fingerprint density at radius 1 is 1.44 bits per heavy atom. The summed E-state index contributed by atoms with van der Waals surface area (Å²) >= 11 is 1.64. The van der Waals surface area contributed by atoms with E-state index < -0.39 is 0 Å². The Balaban J connectivity index is 2.85. The third-order valence-electron chi connectivity index (χ3n) is 1.33. The Morgan fingerprint density at radius 2 is 2.22 bits per heavy atom. The minimum atomic E-state index is 1.04. The molecule has 1 nitrogen and oxygen atoms in total. The third-order valence-corrected chi connectivity index (χ3v) is 2.28. The molecule has 1 radical (unpaired) electrons. The van der Waals surface area contributed by atoms with Gasteiger partial charge in [0.15, 0.2) is 5.51 Å². The summed E-state index contributed by atoms with van der Waals surface area (Å²) < 4.78 is 0. The summed E-state index contributed by atoms with van der Waals surface area (Å²) in [7, 11) is 0. The van der Waals surface area contributed by atoms with E-state index >= 15 is 0 Å². The van der Waals surface area contributed by atoms with Crippen molar-refractivity contribution in [1.29, 1.82) is 0 Å². The van der Waals surface area contributed by atoms with Gasteiger partial charge in [0.1, 0.15) is 0 Å². The summed E-state index contributed by atoms with van der Waals surface area (Å²) in [5.74, 6) is 0. The zero-order chi connectivity index (χ0) is 6.69. The SMILES string of the molecule is CCc1n[c]sc1CC. The summed E-state index contributed by atoms with van der Waals surface area (Å²) in [6.45, 7) is 4.28. The Morgan fingerprint density at radius 3 is 2.67 bits per heavy atom. The number of rotatable bonds is 2. The smallest absolute Gasteiger partial charge is 0.152 e. The molecule has 1 aromatic heterocycles. The van der Waals surface area contributed by atoms with Crippen LogP contribution in [0.2, 0.25) is 0 Å². The highest BCUT2D eigenvalue weighted by atomic mass is 32.1. The van der Waals surface area contributed by atoms with Crippen LogP contribution in [0, 0.1) is 5.51 Å². The first-order valence-corrected chi connectivity index (χ1v) is 4.04. The van der Waals surface area contributed by atoms with Gasteiger partial charge in [-0.25, -0.2) is 4.98 Å². The first-order chi connectivity index (χ1) is 4.38. The van der Waals surface area contributed by atoms with E-state index in [9.17, 15) is 0 Å². The highest BCUT2D eigenvalue weighted by molar-refractivity contribution is 7.09. The molecule has 0 aromatic carbocycles. The normalized spacial score (nSPS) is 10.0. The van der Waals surface area contributed by atoms with Crippen molar-refractivity contribution >= 4 is 11.3 Å². The van der Waals surface area contributed by atoms with Crippen LogP contribution in [0.5, 0.6) is 0 Å². The van der Waals surface area contributed by atoms with Crippen molar-refractivity contribution in [3.05, 3.63) is 16.1 Å². The molecule has 1 heterocycles. The van der Waals surface area contributed by atoms with E-state index in [1.54, 1.807) is 11.3 Å². The average molecular weight is 140 g/mol. The molecule has 0 unspecified atom stereocenters. The zero-order valence-corrected chi connectivity index (χ0v) is 6.59. The fraction of sp³-hybridized carbons (Fsp3) is 0.571. The standard InChI is InChI=1S/C7H10NS/c1-3-6-7(4-2)9-5-8-6/h3-4H2,1-2H3. The summed E-state index contributed by atoms with van der Waals surface area (Å²) in [6.07, 6.45) is 2.15. The van der Waals surface area contributed by atoms with E-state index in [0.717, 1.165) is 12.8 Å². The molecule has 0 spiro atoms. The van der Waals surface area contributed by atoms with Gasteiger partial charge in [0.25, 0.3) is 0 Å². The molecule has 0 aliphatic heterocycles. The minimum Gasteiger partial charge on any atom is -0.238 e. The van der Waals surface area contributed by atoms with Crippen LogP contribution < -0.4 is 0 Å². The van der Waals surface area contributed by atoms with Gasteiger partial charge in [0.05, 0.1) is 5.69 Å². The largest absolute Gasteiger partial charge is 0.238 e. The quantitative estimate of drug-likeness (QED) is 0.612. The van der Waals surface area contributed by atoms with Crippen LogP contribution in [0.3, 0.4) is 0 Å². The molecule has 0 N–H and O–H groups in total. The zero-order valence-electron chi connectivity index (χ0n) is 5.77. The van der Waals surface area contributed by atoms with E-state index in [-0.39, 0.29) is 0 Å². The van der Waals surface area contributed by atoms with E-state index in [4.69, 9.17) is 0 Å². The number of hydrogen-bond acceptors (Lipinski definition) is 2. The van der Waals surface area contributed by atoms with Crippen LogP contribution in [-0.4, -0.2) is 4.98 Å². The molecule has 0 saturated heterocycles. The molecule has 49 valence electrons.